The van der Waals surface area contributed by atoms with E-state index in [1.807, 2.05) is 13.8 Å². The van der Waals surface area contributed by atoms with Crippen molar-refractivity contribution in [1.82, 2.24) is 0 Å². The van der Waals surface area contributed by atoms with E-state index in [0.717, 1.165) is 10.4 Å². The summed E-state index contributed by atoms with van der Waals surface area (Å²) in [7, 11) is 0. The quantitative estimate of drug-likeness (QED) is 0.844. The van der Waals surface area contributed by atoms with Gasteiger partial charge >= 0.3 is 5.97 Å². The molecule has 1 aliphatic rings. The van der Waals surface area contributed by atoms with Gasteiger partial charge in [-0.15, -0.1) is 11.3 Å². The standard InChI is InChI=1S/C17H14N2O5S/c1-9-10(2)25-16(12(9)6-18)19-15(20)7-22-17(21)11-3-4-13-14(5-11)24-8-23-13/h3-5H,7-8H2,1-2H3,(H,19,20). The van der Waals surface area contributed by atoms with E-state index in [4.69, 9.17) is 19.5 Å². The third-order valence-electron chi connectivity index (χ3n) is 3.69. The van der Waals surface area contributed by atoms with Crippen molar-refractivity contribution in [3.05, 3.63) is 39.8 Å². The Kier molecular flexibility index (Phi) is 4.59. The Labute approximate surface area is 147 Å². The van der Waals surface area contributed by atoms with Crippen LogP contribution in [0, 0.1) is 25.2 Å². The maximum Gasteiger partial charge on any atom is 0.338 e. The van der Waals surface area contributed by atoms with Gasteiger partial charge < -0.3 is 19.5 Å². The van der Waals surface area contributed by atoms with Crippen LogP contribution in [0.2, 0.25) is 0 Å². The van der Waals surface area contributed by atoms with Crippen molar-refractivity contribution in [3.8, 4) is 17.6 Å². The number of ether oxygens (including phenoxy) is 3. The van der Waals surface area contributed by atoms with Crippen LogP contribution in [0.5, 0.6) is 11.5 Å². The van der Waals surface area contributed by atoms with E-state index in [1.165, 1.54) is 23.5 Å². The van der Waals surface area contributed by atoms with Crippen molar-refractivity contribution in [2.75, 3.05) is 18.7 Å². The molecule has 0 radical (unpaired) electrons. The number of carbonyl (C=O) groups excluding carboxylic acids is 2. The SMILES string of the molecule is Cc1sc(NC(=O)COC(=O)c2ccc3c(c2)OCO3)c(C#N)c1C. The molecule has 0 saturated carbocycles. The molecule has 1 aromatic carbocycles. The predicted molar refractivity (Wildman–Crippen MR) is 90.0 cm³/mol. The molecular weight excluding hydrogens is 344 g/mol. The van der Waals surface area contributed by atoms with Gasteiger partial charge in [0, 0.05) is 4.88 Å². The van der Waals surface area contributed by atoms with Crippen LogP contribution < -0.4 is 14.8 Å². The minimum Gasteiger partial charge on any atom is -0.454 e. The smallest absolute Gasteiger partial charge is 0.338 e. The minimum absolute atomic E-state index is 0.108. The number of aryl methyl sites for hydroxylation is 1. The lowest BCUT2D eigenvalue weighted by molar-refractivity contribution is -0.119. The molecule has 2 heterocycles. The number of hydrogen-bond donors (Lipinski definition) is 1. The van der Waals surface area contributed by atoms with Gasteiger partial charge in [0.1, 0.15) is 11.1 Å². The molecule has 128 valence electrons. The van der Waals surface area contributed by atoms with Gasteiger partial charge in [0.2, 0.25) is 6.79 Å². The monoisotopic (exact) mass is 358 g/mol. The highest BCUT2D eigenvalue weighted by Crippen LogP contribution is 2.33. The zero-order valence-electron chi connectivity index (χ0n) is 13.5. The Balaban J connectivity index is 1.60. The maximum absolute atomic E-state index is 12.0. The largest absolute Gasteiger partial charge is 0.454 e. The summed E-state index contributed by atoms with van der Waals surface area (Å²) in [5.74, 6) is -0.136. The second kappa shape index (κ2) is 6.83. The summed E-state index contributed by atoms with van der Waals surface area (Å²) in [5, 5.41) is 12.2. The van der Waals surface area contributed by atoms with Gasteiger partial charge in [0.25, 0.3) is 5.91 Å². The Morgan fingerprint density at radius 3 is 2.84 bits per heavy atom. The summed E-state index contributed by atoms with van der Waals surface area (Å²) in [4.78, 5) is 25.0. The first-order valence-electron chi connectivity index (χ1n) is 7.36. The summed E-state index contributed by atoms with van der Waals surface area (Å²) in [6.07, 6.45) is 0. The summed E-state index contributed by atoms with van der Waals surface area (Å²) in [6.45, 7) is 3.35. The van der Waals surface area contributed by atoms with Gasteiger partial charge in [-0.25, -0.2) is 4.79 Å². The number of rotatable bonds is 4. The van der Waals surface area contributed by atoms with Crippen molar-refractivity contribution in [2.45, 2.75) is 13.8 Å². The number of carbonyl (C=O) groups is 2. The highest BCUT2D eigenvalue weighted by Gasteiger charge is 2.19. The van der Waals surface area contributed by atoms with Crippen LogP contribution in [0.25, 0.3) is 0 Å². The molecule has 3 rings (SSSR count). The number of thiophene rings is 1. The molecule has 1 N–H and O–H groups in total. The fourth-order valence-electron chi connectivity index (χ4n) is 2.25. The van der Waals surface area contributed by atoms with Crippen LogP contribution in [0.4, 0.5) is 5.00 Å². The van der Waals surface area contributed by atoms with Crippen molar-refractivity contribution in [3.63, 3.8) is 0 Å². The maximum atomic E-state index is 12.0. The fourth-order valence-corrected chi connectivity index (χ4v) is 3.28. The summed E-state index contributed by atoms with van der Waals surface area (Å²) in [6, 6.07) is 6.71. The average Bonchev–Trinajstić information content (AvgIpc) is 3.16. The minimum atomic E-state index is -0.646. The lowest BCUT2D eigenvalue weighted by Crippen LogP contribution is -2.20. The van der Waals surface area contributed by atoms with Crippen LogP contribution in [-0.2, 0) is 9.53 Å². The Bertz CT molecular complexity index is 897. The van der Waals surface area contributed by atoms with E-state index in [9.17, 15) is 9.59 Å². The van der Waals surface area contributed by atoms with Crippen LogP contribution in [0.3, 0.4) is 0 Å². The predicted octanol–water partition coefficient (Wildman–Crippen LogP) is 2.76. The van der Waals surface area contributed by atoms with Crippen LogP contribution in [0.15, 0.2) is 18.2 Å². The molecule has 8 heteroatoms. The van der Waals surface area contributed by atoms with Gasteiger partial charge in [-0.2, -0.15) is 5.26 Å². The molecule has 1 aromatic heterocycles. The number of nitriles is 1. The number of anilines is 1. The molecule has 0 saturated heterocycles. The fraction of sp³-hybridized carbons (Fsp3) is 0.235. The second-order valence-electron chi connectivity index (χ2n) is 5.29. The van der Waals surface area contributed by atoms with E-state index in [1.54, 1.807) is 6.07 Å². The van der Waals surface area contributed by atoms with Crippen LogP contribution in [-0.4, -0.2) is 25.3 Å². The van der Waals surface area contributed by atoms with Crippen molar-refractivity contribution in [1.29, 1.82) is 5.26 Å². The van der Waals surface area contributed by atoms with E-state index in [-0.39, 0.29) is 12.4 Å². The number of amides is 1. The molecule has 0 spiro atoms. The lowest BCUT2D eigenvalue weighted by Gasteiger charge is -2.06. The van der Waals surface area contributed by atoms with Crippen LogP contribution in [0.1, 0.15) is 26.4 Å². The average molecular weight is 358 g/mol. The number of hydrogen-bond acceptors (Lipinski definition) is 7. The molecule has 2 aromatic rings. The Hall–Kier alpha value is -3.05. The molecule has 0 aliphatic carbocycles. The first-order chi connectivity index (χ1) is 12.0. The summed E-state index contributed by atoms with van der Waals surface area (Å²) in [5.41, 5.74) is 1.52. The first-order valence-corrected chi connectivity index (χ1v) is 8.18. The van der Waals surface area contributed by atoms with Gasteiger partial charge in [-0.1, -0.05) is 0 Å². The van der Waals surface area contributed by atoms with Gasteiger partial charge in [-0.05, 0) is 37.6 Å². The van der Waals surface area contributed by atoms with Gasteiger partial charge in [0.05, 0.1) is 11.1 Å². The van der Waals surface area contributed by atoms with Crippen molar-refractivity contribution < 1.29 is 23.8 Å². The van der Waals surface area contributed by atoms with Gasteiger partial charge in [0.15, 0.2) is 18.1 Å². The molecule has 0 atom stereocenters. The number of nitrogens with zero attached hydrogens (tertiary/aromatic N) is 1. The first kappa shape index (κ1) is 16.8. The van der Waals surface area contributed by atoms with E-state index in [2.05, 4.69) is 11.4 Å². The molecular formula is C17H14N2O5S. The van der Waals surface area contributed by atoms with E-state index in [0.29, 0.717) is 22.1 Å². The molecule has 7 nitrogen and oxygen atoms in total. The number of fused-ring (bicyclic) bond motifs is 1. The topological polar surface area (TPSA) is 97.7 Å². The Morgan fingerprint density at radius 2 is 2.08 bits per heavy atom. The number of esters is 1. The molecule has 0 bridgehead atoms. The molecule has 0 unspecified atom stereocenters. The molecule has 0 fully saturated rings. The Morgan fingerprint density at radius 1 is 1.32 bits per heavy atom. The third kappa shape index (κ3) is 3.41. The summed E-state index contributed by atoms with van der Waals surface area (Å²) >= 11 is 1.31. The molecule has 1 amide bonds. The second-order valence-corrected chi connectivity index (χ2v) is 6.52. The lowest BCUT2D eigenvalue weighted by atomic mass is 10.2. The highest BCUT2D eigenvalue weighted by atomic mass is 32.1. The van der Waals surface area contributed by atoms with Crippen LogP contribution >= 0.6 is 11.3 Å². The van der Waals surface area contributed by atoms with Crippen molar-refractivity contribution >= 4 is 28.2 Å². The van der Waals surface area contributed by atoms with E-state index < -0.39 is 18.5 Å². The molecule has 1 aliphatic heterocycles. The number of benzene rings is 1. The van der Waals surface area contributed by atoms with Crippen molar-refractivity contribution in [2.24, 2.45) is 0 Å². The zero-order valence-corrected chi connectivity index (χ0v) is 14.4. The summed E-state index contributed by atoms with van der Waals surface area (Å²) < 4.78 is 15.4. The number of nitrogens with one attached hydrogen (secondary N) is 1. The normalized spacial score (nSPS) is 11.7. The van der Waals surface area contributed by atoms with E-state index >= 15 is 0 Å². The van der Waals surface area contributed by atoms with Gasteiger partial charge in [-0.3, -0.25) is 4.79 Å². The third-order valence-corrected chi connectivity index (χ3v) is 4.82. The highest BCUT2D eigenvalue weighted by molar-refractivity contribution is 7.16. The molecule has 25 heavy (non-hydrogen) atoms. The zero-order chi connectivity index (χ0) is 18.0.